The van der Waals surface area contributed by atoms with Gasteiger partial charge in [0.05, 0.1) is 11.3 Å². The average Bonchev–Trinajstić information content (AvgIpc) is 2.53. The summed E-state index contributed by atoms with van der Waals surface area (Å²) in [5, 5.41) is 11.6. The largest absolute Gasteiger partial charge is 0.482 e. The van der Waals surface area contributed by atoms with E-state index in [0.717, 1.165) is 0 Å². The van der Waals surface area contributed by atoms with Gasteiger partial charge in [-0.05, 0) is 46.8 Å². The normalized spacial score (nSPS) is 17.7. The maximum atomic E-state index is 12.7. The van der Waals surface area contributed by atoms with Gasteiger partial charge >= 0.3 is 5.97 Å². The van der Waals surface area contributed by atoms with Crippen LogP contribution in [0.2, 0.25) is 0 Å². The predicted molar refractivity (Wildman–Crippen MR) is 89.1 cm³/mol. The Kier molecular flexibility index (Phi) is 4.75. The van der Waals surface area contributed by atoms with Crippen molar-refractivity contribution in [2.24, 2.45) is 5.92 Å². The van der Waals surface area contributed by atoms with Crippen LogP contribution in [-0.4, -0.2) is 47.5 Å². The molecular weight excluding hydrogens is 380 g/mol. The highest BCUT2D eigenvalue weighted by Gasteiger charge is 2.27. The number of nitrogens with one attached hydrogen (secondary N) is 1. The minimum Gasteiger partial charge on any atom is -0.482 e. The molecule has 0 spiro atoms. The van der Waals surface area contributed by atoms with E-state index in [1.165, 1.54) is 0 Å². The van der Waals surface area contributed by atoms with Gasteiger partial charge in [-0.3, -0.25) is 14.4 Å². The molecule has 2 aliphatic heterocycles. The number of aliphatic carboxylic acids is 1. The first-order chi connectivity index (χ1) is 11.4. The van der Waals surface area contributed by atoms with Crippen LogP contribution in [0.3, 0.4) is 0 Å². The highest BCUT2D eigenvalue weighted by Crippen LogP contribution is 2.34. The monoisotopic (exact) mass is 396 g/mol. The Balaban J connectivity index is 1.72. The fraction of sp³-hybridized carbons (Fsp3) is 0.438. The molecule has 0 bridgehead atoms. The fourth-order valence-electron chi connectivity index (χ4n) is 3.02. The maximum absolute atomic E-state index is 12.7. The zero-order valence-electron chi connectivity index (χ0n) is 12.9. The number of nitrogens with zero attached hydrogens (tertiary/aromatic N) is 1. The number of fused-ring (bicyclic) bond motifs is 1. The second-order valence-corrected chi connectivity index (χ2v) is 6.85. The van der Waals surface area contributed by atoms with Gasteiger partial charge in [0.1, 0.15) is 5.75 Å². The number of likely N-dealkylation sites (tertiary alicyclic amines) is 1. The second kappa shape index (κ2) is 6.80. The van der Waals surface area contributed by atoms with Crippen LogP contribution in [0.1, 0.15) is 29.6 Å². The number of amides is 2. The molecule has 1 aromatic carbocycles. The van der Waals surface area contributed by atoms with Crippen molar-refractivity contribution in [1.82, 2.24) is 4.90 Å². The number of carbonyl (C=O) groups is 3. The molecule has 2 N–H and O–H groups in total. The van der Waals surface area contributed by atoms with Crippen LogP contribution in [0, 0.1) is 5.92 Å². The molecule has 0 radical (unpaired) electrons. The molecule has 2 amide bonds. The van der Waals surface area contributed by atoms with E-state index in [0.29, 0.717) is 47.4 Å². The summed E-state index contributed by atoms with van der Waals surface area (Å²) in [6.45, 7) is 1.01. The van der Waals surface area contributed by atoms with Crippen LogP contribution in [0.4, 0.5) is 5.69 Å². The molecule has 2 heterocycles. The standard InChI is InChI=1S/C16H17BrN2O5/c17-11-7-12-13(24-8-14(20)18-12)6-10(11)16(23)19-3-1-9(2-4-19)5-15(21)22/h6-7,9H,1-5,8H2,(H,18,20)(H,21,22). The Morgan fingerprint density at radius 3 is 2.71 bits per heavy atom. The van der Waals surface area contributed by atoms with Gasteiger partial charge in [0.2, 0.25) is 0 Å². The summed E-state index contributed by atoms with van der Waals surface area (Å²) in [7, 11) is 0. The van der Waals surface area contributed by atoms with Crippen molar-refractivity contribution in [2.75, 3.05) is 25.0 Å². The van der Waals surface area contributed by atoms with E-state index in [2.05, 4.69) is 21.2 Å². The summed E-state index contributed by atoms with van der Waals surface area (Å²) >= 11 is 3.38. The van der Waals surface area contributed by atoms with E-state index in [1.54, 1.807) is 17.0 Å². The van der Waals surface area contributed by atoms with Crippen molar-refractivity contribution in [1.29, 1.82) is 0 Å². The number of carboxylic acid groups (broad SMARTS) is 1. The van der Waals surface area contributed by atoms with Crippen LogP contribution < -0.4 is 10.1 Å². The minimum absolute atomic E-state index is 0.0666. The number of hydrogen-bond donors (Lipinski definition) is 2. The lowest BCUT2D eigenvalue weighted by Gasteiger charge is -2.32. The van der Waals surface area contributed by atoms with E-state index in [9.17, 15) is 14.4 Å². The zero-order chi connectivity index (χ0) is 17.3. The third-order valence-corrected chi connectivity index (χ3v) is 4.95. The van der Waals surface area contributed by atoms with Crippen molar-refractivity contribution in [2.45, 2.75) is 19.3 Å². The molecule has 8 heteroatoms. The van der Waals surface area contributed by atoms with Crippen molar-refractivity contribution < 1.29 is 24.2 Å². The van der Waals surface area contributed by atoms with E-state index in [-0.39, 0.29) is 30.8 Å². The minimum atomic E-state index is -0.795. The van der Waals surface area contributed by atoms with Crippen LogP contribution in [-0.2, 0) is 9.59 Å². The van der Waals surface area contributed by atoms with Gasteiger partial charge in [-0.1, -0.05) is 0 Å². The highest BCUT2D eigenvalue weighted by molar-refractivity contribution is 9.10. The molecule has 2 aliphatic rings. The van der Waals surface area contributed by atoms with Gasteiger partial charge < -0.3 is 20.1 Å². The van der Waals surface area contributed by atoms with Crippen molar-refractivity contribution in [3.05, 3.63) is 22.2 Å². The predicted octanol–water partition coefficient (Wildman–Crippen LogP) is 2.11. The Bertz CT molecular complexity index is 698. The lowest BCUT2D eigenvalue weighted by atomic mass is 9.93. The Morgan fingerprint density at radius 2 is 2.04 bits per heavy atom. The van der Waals surface area contributed by atoms with Crippen LogP contribution in [0.5, 0.6) is 5.75 Å². The summed E-state index contributed by atoms with van der Waals surface area (Å²) in [6.07, 6.45) is 1.53. The van der Waals surface area contributed by atoms with E-state index < -0.39 is 5.97 Å². The van der Waals surface area contributed by atoms with Crippen LogP contribution in [0.15, 0.2) is 16.6 Å². The third-order valence-electron chi connectivity index (χ3n) is 4.30. The summed E-state index contributed by atoms with van der Waals surface area (Å²) in [5.74, 6) is -0.552. The Hall–Kier alpha value is -2.09. The maximum Gasteiger partial charge on any atom is 0.303 e. The van der Waals surface area contributed by atoms with Gasteiger partial charge in [-0.15, -0.1) is 0 Å². The van der Waals surface area contributed by atoms with Gasteiger partial charge in [-0.25, -0.2) is 0 Å². The molecule has 24 heavy (non-hydrogen) atoms. The molecule has 1 aromatic rings. The highest BCUT2D eigenvalue weighted by atomic mass is 79.9. The third kappa shape index (κ3) is 3.53. The molecule has 1 fully saturated rings. The molecule has 0 saturated carbocycles. The number of piperidine rings is 1. The molecule has 7 nitrogen and oxygen atoms in total. The summed E-state index contributed by atoms with van der Waals surface area (Å²) in [5.41, 5.74) is 1.01. The fourth-order valence-corrected chi connectivity index (χ4v) is 3.53. The summed E-state index contributed by atoms with van der Waals surface area (Å²) in [4.78, 5) is 36.6. The van der Waals surface area contributed by atoms with Gasteiger partial charge in [-0.2, -0.15) is 0 Å². The van der Waals surface area contributed by atoms with Crippen LogP contribution in [0.25, 0.3) is 0 Å². The van der Waals surface area contributed by atoms with Gasteiger partial charge in [0.25, 0.3) is 11.8 Å². The number of benzene rings is 1. The Morgan fingerprint density at radius 1 is 1.33 bits per heavy atom. The van der Waals surface area contributed by atoms with Gasteiger partial charge in [0.15, 0.2) is 6.61 Å². The number of hydrogen-bond acceptors (Lipinski definition) is 4. The zero-order valence-corrected chi connectivity index (χ0v) is 14.5. The Labute approximate surface area is 147 Å². The first-order valence-electron chi connectivity index (χ1n) is 7.71. The molecule has 1 saturated heterocycles. The van der Waals surface area contributed by atoms with Crippen molar-refractivity contribution in [3.63, 3.8) is 0 Å². The number of ether oxygens (including phenoxy) is 1. The van der Waals surface area contributed by atoms with Gasteiger partial charge in [0, 0.05) is 24.0 Å². The number of carboxylic acids is 1. The SMILES string of the molecule is O=C(O)CC1CCN(C(=O)c2cc3c(cc2Br)NC(=O)CO3)CC1. The van der Waals surface area contributed by atoms with Crippen molar-refractivity contribution in [3.8, 4) is 5.75 Å². The van der Waals surface area contributed by atoms with Crippen LogP contribution >= 0.6 is 15.9 Å². The lowest BCUT2D eigenvalue weighted by Crippen LogP contribution is -2.39. The first kappa shape index (κ1) is 16.8. The molecule has 0 atom stereocenters. The topological polar surface area (TPSA) is 95.9 Å². The van der Waals surface area contributed by atoms with E-state index in [4.69, 9.17) is 9.84 Å². The number of halogens is 1. The molecule has 0 aromatic heterocycles. The second-order valence-electron chi connectivity index (χ2n) is 6.00. The number of carbonyl (C=O) groups excluding carboxylic acids is 2. The molecular formula is C16H17BrN2O5. The molecule has 128 valence electrons. The smallest absolute Gasteiger partial charge is 0.303 e. The lowest BCUT2D eigenvalue weighted by molar-refractivity contribution is -0.138. The molecule has 0 unspecified atom stereocenters. The summed E-state index contributed by atoms with van der Waals surface area (Å²) in [6, 6.07) is 3.29. The van der Waals surface area contributed by atoms with Crippen molar-refractivity contribution >= 4 is 39.4 Å². The van der Waals surface area contributed by atoms with E-state index in [1.807, 2.05) is 0 Å². The molecule has 0 aliphatic carbocycles. The molecule has 3 rings (SSSR count). The summed E-state index contributed by atoms with van der Waals surface area (Å²) < 4.78 is 5.95. The average molecular weight is 397 g/mol. The first-order valence-corrected chi connectivity index (χ1v) is 8.50. The number of anilines is 1. The number of rotatable bonds is 3. The van der Waals surface area contributed by atoms with E-state index >= 15 is 0 Å². The quantitative estimate of drug-likeness (QED) is 0.815.